The molecule has 2 aromatic rings. The number of fused-ring (bicyclic) bond motifs is 1. The minimum atomic E-state index is -3.42. The second-order valence-corrected chi connectivity index (χ2v) is 21.8. The number of ether oxygens (including phenoxy) is 1. The molecule has 0 radical (unpaired) electrons. The van der Waals surface area contributed by atoms with Crippen molar-refractivity contribution < 1.29 is 18.8 Å². The first-order valence-electron chi connectivity index (χ1n) is 15.1. The topological polar surface area (TPSA) is 55.8 Å². The highest BCUT2D eigenvalue weighted by Gasteiger charge is 2.75. The van der Waals surface area contributed by atoms with Crippen molar-refractivity contribution in [1.82, 2.24) is 0 Å². The van der Waals surface area contributed by atoms with Gasteiger partial charge in [0.05, 0.1) is 0 Å². The average molecular weight is 581 g/mol. The van der Waals surface area contributed by atoms with Crippen LogP contribution < -0.4 is 10.6 Å². The summed E-state index contributed by atoms with van der Waals surface area (Å²) < 4.78 is 28.8. The van der Waals surface area contributed by atoms with Crippen LogP contribution in [0.25, 0.3) is 0 Å². The van der Waals surface area contributed by atoms with Crippen molar-refractivity contribution in [2.75, 3.05) is 13.7 Å². The summed E-state index contributed by atoms with van der Waals surface area (Å²) in [4.78, 5) is 0. The maximum atomic E-state index is 15.7. The van der Waals surface area contributed by atoms with Crippen molar-refractivity contribution in [3.63, 3.8) is 0 Å². The van der Waals surface area contributed by atoms with Crippen LogP contribution in [0, 0.1) is 23.2 Å². The minimum Gasteiger partial charge on any atom is -0.417 e. The van der Waals surface area contributed by atoms with Crippen molar-refractivity contribution in [2.24, 2.45) is 23.2 Å². The molecule has 2 aromatic carbocycles. The Balaban J connectivity index is 1.62. The second kappa shape index (κ2) is 10.7. The van der Waals surface area contributed by atoms with E-state index < -0.39 is 26.9 Å². The van der Waals surface area contributed by atoms with Crippen LogP contribution in [-0.4, -0.2) is 38.6 Å². The zero-order valence-corrected chi connectivity index (χ0v) is 27.4. The van der Waals surface area contributed by atoms with Crippen molar-refractivity contribution in [3.8, 4) is 0 Å². The molecule has 0 unspecified atom stereocenters. The van der Waals surface area contributed by atoms with Crippen LogP contribution in [0.4, 0.5) is 0 Å². The van der Waals surface area contributed by atoms with E-state index in [0.29, 0.717) is 12.5 Å². The van der Waals surface area contributed by atoms with Gasteiger partial charge in [0.25, 0.3) is 0 Å². The maximum absolute atomic E-state index is 15.7. The average Bonchev–Trinajstić information content (AvgIpc) is 3.60. The Hall–Kier alpha value is -1.49. The largest absolute Gasteiger partial charge is 0.417 e. The molecule has 1 N–H and O–H groups in total. The Kier molecular flexibility index (Phi) is 7.98. The number of methoxy groups -OCH3 is 1. The molecular weight excluding hydrogens is 531 g/mol. The zero-order chi connectivity index (χ0) is 29.0. The van der Waals surface area contributed by atoms with E-state index in [1.54, 1.807) is 7.11 Å². The molecule has 3 aliphatic rings. The van der Waals surface area contributed by atoms with E-state index in [0.717, 1.165) is 42.7 Å². The molecule has 6 atom stereocenters. The van der Waals surface area contributed by atoms with Crippen LogP contribution in [0.1, 0.15) is 59.8 Å². The molecule has 0 spiro atoms. The lowest BCUT2D eigenvalue weighted by Gasteiger charge is -2.46. The van der Waals surface area contributed by atoms with Crippen LogP contribution in [0.3, 0.4) is 0 Å². The highest BCUT2D eigenvalue weighted by Crippen LogP contribution is 2.76. The van der Waals surface area contributed by atoms with Gasteiger partial charge in [-0.2, -0.15) is 0 Å². The van der Waals surface area contributed by atoms with E-state index in [1.165, 1.54) is 5.57 Å². The zero-order valence-electron chi connectivity index (χ0n) is 25.5. The van der Waals surface area contributed by atoms with Crippen LogP contribution in [0.5, 0.6) is 0 Å². The van der Waals surface area contributed by atoms with E-state index in [-0.39, 0.29) is 22.3 Å². The van der Waals surface area contributed by atoms with Gasteiger partial charge in [-0.3, -0.25) is 0 Å². The number of hydrogen-bond acceptors (Lipinski definition) is 4. The van der Waals surface area contributed by atoms with E-state index in [4.69, 9.17) is 9.16 Å². The molecule has 5 rings (SSSR count). The third-order valence-electron chi connectivity index (χ3n) is 11.0. The van der Waals surface area contributed by atoms with Crippen molar-refractivity contribution in [3.05, 3.63) is 72.3 Å². The minimum absolute atomic E-state index is 0.00672. The Bertz CT molecular complexity index is 1230. The highest BCUT2D eigenvalue weighted by molar-refractivity contribution is 7.79. The lowest BCUT2D eigenvalue weighted by Crippen LogP contribution is -2.55. The molecule has 4 nitrogen and oxygen atoms in total. The van der Waals surface area contributed by atoms with E-state index >= 15 is 4.57 Å². The summed E-state index contributed by atoms with van der Waals surface area (Å²) in [7, 11) is -3.71. The van der Waals surface area contributed by atoms with E-state index in [9.17, 15) is 5.11 Å². The summed E-state index contributed by atoms with van der Waals surface area (Å²) in [6.45, 7) is 14.3. The number of rotatable bonds is 9. The fraction of sp³-hybridized carbons (Fsp3) is 0.588. The normalized spacial score (nSPS) is 31.1. The molecule has 2 fully saturated rings. The molecule has 0 heterocycles. The SMILES string of the molecule is CO[C@@H]([C@@]1(O)[C@@H](CCO[Si](C)(C)C(C)(C)C)CCC2=CCC[C@]3(C)[C@H]1[C@H]23)P(=O)(c1ccccc1)c1ccccc1. The van der Waals surface area contributed by atoms with Gasteiger partial charge in [0.15, 0.2) is 15.5 Å². The Morgan fingerprint density at radius 3 is 2.15 bits per heavy atom. The predicted octanol–water partition coefficient (Wildman–Crippen LogP) is 7.50. The first-order valence-corrected chi connectivity index (χ1v) is 19.8. The van der Waals surface area contributed by atoms with E-state index in [1.807, 2.05) is 60.7 Å². The quantitative estimate of drug-likeness (QED) is 0.190. The van der Waals surface area contributed by atoms with Gasteiger partial charge in [0, 0.05) is 30.2 Å². The molecule has 0 bridgehead atoms. The van der Waals surface area contributed by atoms with Crippen LogP contribution >= 0.6 is 7.14 Å². The first-order chi connectivity index (χ1) is 18.8. The molecular formula is C34H49O4PSi. The van der Waals surface area contributed by atoms with Crippen molar-refractivity contribution in [1.29, 1.82) is 0 Å². The maximum Gasteiger partial charge on any atom is 0.191 e. The molecule has 3 aliphatic carbocycles. The highest BCUT2D eigenvalue weighted by atomic mass is 31.2. The summed E-state index contributed by atoms with van der Waals surface area (Å²) in [6, 6.07) is 19.5. The molecule has 0 aliphatic heterocycles. The van der Waals surface area contributed by atoms with Gasteiger partial charge in [-0.15, -0.1) is 0 Å². The predicted molar refractivity (Wildman–Crippen MR) is 168 cm³/mol. The molecule has 40 heavy (non-hydrogen) atoms. The van der Waals surface area contributed by atoms with Crippen LogP contribution in [-0.2, 0) is 13.7 Å². The van der Waals surface area contributed by atoms with Crippen LogP contribution in [0.15, 0.2) is 72.3 Å². The third-order valence-corrected chi connectivity index (χ3v) is 19.0. The van der Waals surface area contributed by atoms with Crippen LogP contribution in [0.2, 0.25) is 18.1 Å². The number of benzene rings is 2. The summed E-state index contributed by atoms with van der Waals surface area (Å²) in [5, 5.41) is 15.0. The van der Waals surface area contributed by atoms with Gasteiger partial charge in [0.1, 0.15) is 11.4 Å². The lowest BCUT2D eigenvalue weighted by atomic mass is 9.75. The first kappa shape index (κ1) is 30.0. The van der Waals surface area contributed by atoms with Gasteiger partial charge in [-0.1, -0.05) is 100 Å². The fourth-order valence-electron chi connectivity index (χ4n) is 7.84. The molecule has 0 saturated heterocycles. The molecule has 0 aromatic heterocycles. The second-order valence-electron chi connectivity index (χ2n) is 14.2. The lowest BCUT2D eigenvalue weighted by molar-refractivity contribution is -0.122. The molecule has 218 valence electrons. The summed E-state index contributed by atoms with van der Waals surface area (Å²) >= 11 is 0. The summed E-state index contributed by atoms with van der Waals surface area (Å²) in [6.07, 6.45) is 7.12. The summed E-state index contributed by atoms with van der Waals surface area (Å²) in [5.74, 6) is -0.592. The summed E-state index contributed by atoms with van der Waals surface area (Å²) in [5.41, 5.74) is 0.243. The Morgan fingerprint density at radius 1 is 1.05 bits per heavy atom. The Labute approximate surface area is 243 Å². The smallest absolute Gasteiger partial charge is 0.191 e. The Morgan fingerprint density at radius 2 is 1.62 bits per heavy atom. The fourth-order valence-corrected chi connectivity index (χ4v) is 12.2. The molecule has 6 heteroatoms. The number of aliphatic hydroxyl groups is 1. The van der Waals surface area contributed by atoms with Gasteiger partial charge in [0.2, 0.25) is 0 Å². The molecule has 0 amide bonds. The van der Waals surface area contributed by atoms with Gasteiger partial charge < -0.3 is 18.8 Å². The number of hydrogen-bond donors (Lipinski definition) is 1. The van der Waals surface area contributed by atoms with Gasteiger partial charge >= 0.3 is 0 Å². The van der Waals surface area contributed by atoms with Crippen molar-refractivity contribution in [2.45, 2.75) is 89.4 Å². The number of allylic oxidation sites excluding steroid dienone is 2. The third kappa shape index (κ3) is 4.74. The van der Waals surface area contributed by atoms with E-state index in [2.05, 4.69) is 46.9 Å². The standard InChI is InChI=1S/C34H49O4PSi/c1-32(2,3)40(6,7)38-24-22-26-21-20-25-15-14-23-33(4)29(25)30(33)34(26,35)31(37-5)39(36,27-16-10-8-11-17-27)28-18-12-9-13-19-28/h8-13,15-19,26,29-31,35H,14,20-24H2,1-7H3/t26-,29+,30-,31-,33+,34-/m1/s1. The van der Waals surface area contributed by atoms with Crippen molar-refractivity contribution >= 4 is 26.1 Å². The monoisotopic (exact) mass is 580 g/mol. The van der Waals surface area contributed by atoms with Gasteiger partial charge in [-0.25, -0.2) is 0 Å². The van der Waals surface area contributed by atoms with Gasteiger partial charge in [-0.05, 0) is 67.5 Å². The molecule has 2 saturated carbocycles.